The van der Waals surface area contributed by atoms with Gasteiger partial charge in [0.1, 0.15) is 0 Å². The standard InChI is InChI=1S/C17H16Br2N2O2/c1-11(22)20-16(12-5-3-2-4-6-12)10-17(23)21-15-8-7-13(18)9-14(15)19/h2-9,16H,10H2,1H3,(H,20,22)(H,21,23). The van der Waals surface area contributed by atoms with Crippen LogP contribution in [0.4, 0.5) is 5.69 Å². The summed E-state index contributed by atoms with van der Waals surface area (Å²) in [7, 11) is 0. The van der Waals surface area contributed by atoms with E-state index in [-0.39, 0.29) is 24.3 Å². The number of nitrogens with one attached hydrogen (secondary N) is 2. The van der Waals surface area contributed by atoms with Crippen molar-refractivity contribution in [2.75, 3.05) is 5.32 Å². The van der Waals surface area contributed by atoms with E-state index in [0.29, 0.717) is 5.69 Å². The topological polar surface area (TPSA) is 58.2 Å². The highest BCUT2D eigenvalue weighted by Gasteiger charge is 2.17. The summed E-state index contributed by atoms with van der Waals surface area (Å²) in [4.78, 5) is 23.7. The molecule has 0 aliphatic carbocycles. The molecule has 0 aliphatic rings. The third-order valence-corrected chi connectivity index (χ3v) is 4.32. The van der Waals surface area contributed by atoms with Gasteiger partial charge in [-0.15, -0.1) is 0 Å². The lowest BCUT2D eigenvalue weighted by atomic mass is 10.0. The van der Waals surface area contributed by atoms with Crippen molar-refractivity contribution < 1.29 is 9.59 Å². The van der Waals surface area contributed by atoms with Gasteiger partial charge in [0.05, 0.1) is 18.2 Å². The predicted molar refractivity (Wildman–Crippen MR) is 98.1 cm³/mol. The molecule has 1 atom stereocenters. The molecule has 0 bridgehead atoms. The number of carbonyl (C=O) groups excluding carboxylic acids is 2. The van der Waals surface area contributed by atoms with Gasteiger partial charge in [0, 0.05) is 15.9 Å². The molecule has 6 heteroatoms. The Balaban J connectivity index is 2.09. The second-order valence-corrected chi connectivity index (χ2v) is 6.81. The van der Waals surface area contributed by atoms with Gasteiger partial charge in [-0.2, -0.15) is 0 Å². The summed E-state index contributed by atoms with van der Waals surface area (Å²) in [5, 5.41) is 5.67. The third kappa shape index (κ3) is 5.48. The average molecular weight is 440 g/mol. The molecular weight excluding hydrogens is 424 g/mol. The molecule has 0 spiro atoms. The van der Waals surface area contributed by atoms with Gasteiger partial charge in [-0.3, -0.25) is 9.59 Å². The van der Waals surface area contributed by atoms with E-state index in [4.69, 9.17) is 0 Å². The van der Waals surface area contributed by atoms with Crippen LogP contribution in [0.3, 0.4) is 0 Å². The number of rotatable bonds is 5. The lowest BCUT2D eigenvalue weighted by Gasteiger charge is -2.18. The predicted octanol–water partition coefficient (Wildman–Crippen LogP) is 4.42. The number of hydrogen-bond donors (Lipinski definition) is 2. The van der Waals surface area contributed by atoms with Crippen molar-refractivity contribution in [3.63, 3.8) is 0 Å². The zero-order valence-corrected chi connectivity index (χ0v) is 15.6. The van der Waals surface area contributed by atoms with E-state index in [1.807, 2.05) is 48.5 Å². The number of carbonyl (C=O) groups is 2. The van der Waals surface area contributed by atoms with E-state index in [0.717, 1.165) is 14.5 Å². The summed E-state index contributed by atoms with van der Waals surface area (Å²) >= 11 is 6.78. The Morgan fingerprint density at radius 2 is 1.78 bits per heavy atom. The van der Waals surface area contributed by atoms with Crippen LogP contribution in [-0.2, 0) is 9.59 Å². The van der Waals surface area contributed by atoms with Gasteiger partial charge in [-0.1, -0.05) is 46.3 Å². The number of anilines is 1. The summed E-state index contributed by atoms with van der Waals surface area (Å²) < 4.78 is 1.71. The SMILES string of the molecule is CC(=O)NC(CC(=O)Nc1ccc(Br)cc1Br)c1ccccc1. The minimum absolute atomic E-state index is 0.159. The highest BCUT2D eigenvalue weighted by Crippen LogP contribution is 2.27. The molecule has 23 heavy (non-hydrogen) atoms. The van der Waals surface area contributed by atoms with Crippen LogP contribution in [0, 0.1) is 0 Å². The molecule has 2 aromatic carbocycles. The first-order valence-corrected chi connectivity index (χ1v) is 8.61. The van der Waals surface area contributed by atoms with E-state index in [2.05, 4.69) is 42.5 Å². The fraction of sp³-hybridized carbons (Fsp3) is 0.176. The minimum atomic E-state index is -0.358. The van der Waals surface area contributed by atoms with Crippen LogP contribution in [0.5, 0.6) is 0 Å². The Morgan fingerprint density at radius 3 is 2.39 bits per heavy atom. The van der Waals surface area contributed by atoms with Gasteiger partial charge in [0.2, 0.25) is 11.8 Å². The van der Waals surface area contributed by atoms with E-state index in [9.17, 15) is 9.59 Å². The molecule has 4 nitrogen and oxygen atoms in total. The molecule has 120 valence electrons. The second-order valence-electron chi connectivity index (χ2n) is 5.04. The largest absolute Gasteiger partial charge is 0.349 e. The zero-order chi connectivity index (χ0) is 16.8. The van der Waals surface area contributed by atoms with Gasteiger partial charge < -0.3 is 10.6 Å². The fourth-order valence-corrected chi connectivity index (χ4v) is 3.31. The van der Waals surface area contributed by atoms with Gasteiger partial charge in [-0.25, -0.2) is 0 Å². The van der Waals surface area contributed by atoms with Crippen LogP contribution in [0.25, 0.3) is 0 Å². The molecule has 2 amide bonds. The number of halogens is 2. The Kier molecular flexibility index (Phi) is 6.36. The first-order valence-electron chi connectivity index (χ1n) is 7.02. The highest BCUT2D eigenvalue weighted by molar-refractivity contribution is 9.11. The van der Waals surface area contributed by atoms with Crippen molar-refractivity contribution in [3.05, 3.63) is 63.0 Å². The molecule has 0 aromatic heterocycles. The quantitative estimate of drug-likeness (QED) is 0.724. The van der Waals surface area contributed by atoms with Gasteiger partial charge >= 0.3 is 0 Å². The maximum absolute atomic E-state index is 12.3. The highest BCUT2D eigenvalue weighted by atomic mass is 79.9. The molecule has 0 aliphatic heterocycles. The van der Waals surface area contributed by atoms with Gasteiger partial charge in [0.15, 0.2) is 0 Å². The first-order chi connectivity index (χ1) is 11.0. The van der Waals surface area contributed by atoms with Gasteiger partial charge in [0.25, 0.3) is 0 Å². The van der Waals surface area contributed by atoms with E-state index in [1.165, 1.54) is 6.92 Å². The van der Waals surface area contributed by atoms with E-state index >= 15 is 0 Å². The van der Waals surface area contributed by atoms with Crippen LogP contribution >= 0.6 is 31.9 Å². The summed E-state index contributed by atoms with van der Waals surface area (Å²) in [6.07, 6.45) is 0.159. The third-order valence-electron chi connectivity index (χ3n) is 3.17. The molecule has 0 saturated carbocycles. The molecule has 1 unspecified atom stereocenters. The van der Waals surface area contributed by atoms with Crippen molar-refractivity contribution in [1.82, 2.24) is 5.32 Å². The Labute approximate surface area is 151 Å². The second kappa shape index (κ2) is 8.26. The number of amides is 2. The summed E-state index contributed by atoms with van der Waals surface area (Å²) in [5.41, 5.74) is 1.58. The monoisotopic (exact) mass is 438 g/mol. The fourth-order valence-electron chi connectivity index (χ4n) is 2.16. The van der Waals surface area contributed by atoms with Crippen molar-refractivity contribution in [2.45, 2.75) is 19.4 Å². The smallest absolute Gasteiger partial charge is 0.226 e. The summed E-state index contributed by atoms with van der Waals surface area (Å²) in [5.74, 6) is -0.341. The van der Waals surface area contributed by atoms with Crippen LogP contribution < -0.4 is 10.6 Å². The molecule has 2 rings (SSSR count). The normalized spacial score (nSPS) is 11.6. The first kappa shape index (κ1) is 17.7. The van der Waals surface area contributed by atoms with E-state index < -0.39 is 0 Å². The molecular formula is C17H16Br2N2O2. The average Bonchev–Trinajstić information content (AvgIpc) is 2.50. The number of hydrogen-bond acceptors (Lipinski definition) is 2. The van der Waals surface area contributed by atoms with Crippen LogP contribution in [-0.4, -0.2) is 11.8 Å². The molecule has 0 fully saturated rings. The van der Waals surface area contributed by atoms with Crippen LogP contribution in [0.15, 0.2) is 57.5 Å². The summed E-state index contributed by atoms with van der Waals surface area (Å²) in [6, 6.07) is 14.6. The molecule has 2 aromatic rings. The molecule has 0 radical (unpaired) electrons. The zero-order valence-electron chi connectivity index (χ0n) is 12.5. The Bertz CT molecular complexity index is 705. The van der Waals surface area contributed by atoms with Crippen molar-refractivity contribution in [1.29, 1.82) is 0 Å². The Morgan fingerprint density at radius 1 is 1.09 bits per heavy atom. The molecule has 0 saturated heterocycles. The molecule has 2 N–H and O–H groups in total. The number of benzene rings is 2. The van der Waals surface area contributed by atoms with Crippen molar-refractivity contribution in [3.8, 4) is 0 Å². The minimum Gasteiger partial charge on any atom is -0.349 e. The van der Waals surface area contributed by atoms with Crippen molar-refractivity contribution in [2.24, 2.45) is 0 Å². The Hall–Kier alpha value is -1.66. The van der Waals surface area contributed by atoms with E-state index in [1.54, 1.807) is 0 Å². The lowest BCUT2D eigenvalue weighted by molar-refractivity contribution is -0.120. The summed E-state index contributed by atoms with van der Waals surface area (Å²) in [6.45, 7) is 1.44. The lowest BCUT2D eigenvalue weighted by Crippen LogP contribution is -2.29. The van der Waals surface area contributed by atoms with Crippen molar-refractivity contribution >= 4 is 49.4 Å². The maximum atomic E-state index is 12.3. The maximum Gasteiger partial charge on any atom is 0.226 e. The van der Waals surface area contributed by atoms with Crippen LogP contribution in [0.1, 0.15) is 24.9 Å². The molecule has 0 heterocycles. The van der Waals surface area contributed by atoms with Crippen LogP contribution in [0.2, 0.25) is 0 Å². The van der Waals surface area contributed by atoms with Gasteiger partial charge in [-0.05, 0) is 39.7 Å².